The third-order valence-corrected chi connectivity index (χ3v) is 10.2. The van der Waals surface area contributed by atoms with Crippen molar-refractivity contribution in [2.75, 3.05) is 0 Å². The van der Waals surface area contributed by atoms with Crippen LogP contribution in [0.1, 0.15) is 82.1 Å². The SMILES string of the molecule is C/C(Cl)=C\C[C@H](C/C=C\NC(=O)[C@@H](NC(=O)OC(C)(C)C)C(C)(C)C)O[Si](C)(C)C(C)(C)C. The molecule has 0 aliphatic carbocycles. The van der Waals surface area contributed by atoms with Crippen LogP contribution in [0, 0.1) is 5.41 Å². The molecule has 8 heteroatoms. The number of amides is 2. The molecule has 2 atom stereocenters. The molecule has 0 fully saturated rings. The fourth-order valence-electron chi connectivity index (χ4n) is 2.62. The number of rotatable bonds is 9. The van der Waals surface area contributed by atoms with Crippen molar-refractivity contribution in [1.82, 2.24) is 10.6 Å². The van der Waals surface area contributed by atoms with Crippen LogP contribution in [0.4, 0.5) is 4.79 Å². The Morgan fingerprint density at radius 3 is 1.97 bits per heavy atom. The van der Waals surface area contributed by atoms with Gasteiger partial charge in [-0.15, -0.1) is 0 Å². The van der Waals surface area contributed by atoms with Gasteiger partial charge in [0.25, 0.3) is 0 Å². The third kappa shape index (κ3) is 13.2. The van der Waals surface area contributed by atoms with Gasteiger partial charge in [0.2, 0.25) is 5.91 Å². The largest absolute Gasteiger partial charge is 0.444 e. The van der Waals surface area contributed by atoms with E-state index < -0.39 is 31.5 Å². The molecule has 33 heavy (non-hydrogen) atoms. The van der Waals surface area contributed by atoms with Crippen molar-refractivity contribution in [3.05, 3.63) is 23.4 Å². The smallest absolute Gasteiger partial charge is 0.408 e. The van der Waals surface area contributed by atoms with E-state index in [0.717, 1.165) is 5.03 Å². The number of alkyl carbamates (subject to hydrolysis) is 1. The van der Waals surface area contributed by atoms with E-state index in [2.05, 4.69) is 44.5 Å². The molecule has 6 nitrogen and oxygen atoms in total. The molecule has 0 heterocycles. The van der Waals surface area contributed by atoms with Crippen LogP contribution in [0.25, 0.3) is 0 Å². The zero-order valence-corrected chi connectivity index (χ0v) is 24.6. The maximum Gasteiger partial charge on any atom is 0.408 e. The van der Waals surface area contributed by atoms with Gasteiger partial charge >= 0.3 is 6.09 Å². The van der Waals surface area contributed by atoms with E-state index in [9.17, 15) is 9.59 Å². The zero-order valence-electron chi connectivity index (χ0n) is 22.8. The minimum Gasteiger partial charge on any atom is -0.444 e. The Balaban J connectivity index is 5.23. The van der Waals surface area contributed by atoms with E-state index in [-0.39, 0.29) is 17.0 Å². The maximum absolute atomic E-state index is 12.8. The van der Waals surface area contributed by atoms with Gasteiger partial charge in [0.1, 0.15) is 11.6 Å². The Bertz CT molecular complexity index is 709. The van der Waals surface area contributed by atoms with Crippen LogP contribution in [-0.2, 0) is 14.0 Å². The molecule has 192 valence electrons. The van der Waals surface area contributed by atoms with Gasteiger partial charge in [0.15, 0.2) is 8.32 Å². The summed E-state index contributed by atoms with van der Waals surface area (Å²) in [5.74, 6) is -0.303. The van der Waals surface area contributed by atoms with Crippen molar-refractivity contribution >= 4 is 31.9 Å². The average molecular weight is 503 g/mol. The monoisotopic (exact) mass is 502 g/mol. The molecule has 2 N–H and O–H groups in total. The summed E-state index contributed by atoms with van der Waals surface area (Å²) >= 11 is 6.04. The van der Waals surface area contributed by atoms with Crippen LogP contribution >= 0.6 is 11.6 Å². The Labute approximate surface area is 208 Å². The first-order valence-corrected chi connectivity index (χ1v) is 14.9. The molecule has 0 aliphatic rings. The molecule has 0 saturated heterocycles. The molecular weight excluding hydrogens is 456 g/mol. The van der Waals surface area contributed by atoms with Gasteiger partial charge in [-0.25, -0.2) is 4.79 Å². The van der Waals surface area contributed by atoms with Crippen molar-refractivity contribution in [1.29, 1.82) is 0 Å². The highest BCUT2D eigenvalue weighted by atomic mass is 35.5. The summed E-state index contributed by atoms with van der Waals surface area (Å²) in [6, 6.07) is -0.752. The first-order valence-electron chi connectivity index (χ1n) is 11.6. The number of allylic oxidation sites excluding steroid dienone is 1. The summed E-state index contributed by atoms with van der Waals surface area (Å²) in [4.78, 5) is 25.0. The molecule has 0 saturated carbocycles. The van der Waals surface area contributed by atoms with Gasteiger partial charge in [-0.1, -0.05) is 65.3 Å². The van der Waals surface area contributed by atoms with Crippen LogP contribution in [0.5, 0.6) is 0 Å². The number of carbonyl (C=O) groups excluding carboxylic acids is 2. The normalized spacial score (nSPS) is 15.8. The van der Waals surface area contributed by atoms with Gasteiger partial charge in [0, 0.05) is 5.03 Å². The van der Waals surface area contributed by atoms with E-state index in [4.69, 9.17) is 20.8 Å². The first kappa shape index (κ1) is 31.7. The number of hydrogen-bond acceptors (Lipinski definition) is 4. The second kappa shape index (κ2) is 12.4. The number of nitrogens with one attached hydrogen (secondary N) is 2. The van der Waals surface area contributed by atoms with E-state index in [1.165, 1.54) is 0 Å². The molecule has 0 spiro atoms. The van der Waals surface area contributed by atoms with Crippen LogP contribution in [0.15, 0.2) is 23.4 Å². The summed E-state index contributed by atoms with van der Waals surface area (Å²) in [7, 11) is -1.96. The highest BCUT2D eigenvalue weighted by Gasteiger charge is 2.39. The molecule has 0 bridgehead atoms. The lowest BCUT2D eigenvalue weighted by Gasteiger charge is -2.39. The second-order valence-corrected chi connectivity index (χ2v) is 17.5. The molecule has 0 aromatic rings. The molecule has 0 aromatic carbocycles. The molecule has 0 aliphatic heterocycles. The Kier molecular flexibility index (Phi) is 11.9. The third-order valence-electron chi connectivity index (χ3n) is 5.46. The van der Waals surface area contributed by atoms with Crippen molar-refractivity contribution < 1.29 is 18.8 Å². The summed E-state index contributed by atoms with van der Waals surface area (Å²) < 4.78 is 11.9. The standard InChI is InChI=1S/C25H47ClN2O4Si/c1-18(26)15-16-19(32-33(11,12)25(8,9)10)14-13-17-27-21(29)20(23(2,3)4)28-22(30)31-24(5,6)7/h13,15,17,19-20H,14,16H2,1-12H3,(H,27,29)(H,28,30)/b17-13-,18-15+/t19-,20+/m0/s1. The topological polar surface area (TPSA) is 76.7 Å². The lowest BCUT2D eigenvalue weighted by molar-refractivity contribution is -0.124. The second-order valence-electron chi connectivity index (χ2n) is 12.1. The fourth-order valence-corrected chi connectivity index (χ4v) is 4.09. The maximum atomic E-state index is 12.8. The molecule has 0 aromatic heterocycles. The number of halogens is 1. The van der Waals surface area contributed by atoms with Crippen molar-refractivity contribution in [3.8, 4) is 0 Å². The Morgan fingerprint density at radius 2 is 1.55 bits per heavy atom. The van der Waals surface area contributed by atoms with Gasteiger partial charge < -0.3 is 19.8 Å². The number of ether oxygens (including phenoxy) is 1. The quantitative estimate of drug-likeness (QED) is 0.337. The van der Waals surface area contributed by atoms with E-state index in [0.29, 0.717) is 12.8 Å². The zero-order chi connectivity index (χ0) is 26.3. The molecule has 2 amide bonds. The predicted molar refractivity (Wildman–Crippen MR) is 141 cm³/mol. The van der Waals surface area contributed by atoms with Crippen LogP contribution < -0.4 is 10.6 Å². The Hall–Kier alpha value is -1.31. The minimum atomic E-state index is -1.96. The van der Waals surface area contributed by atoms with Gasteiger partial charge in [-0.3, -0.25) is 4.79 Å². The number of hydrogen-bond donors (Lipinski definition) is 2. The van der Waals surface area contributed by atoms with Crippen molar-refractivity contribution in [3.63, 3.8) is 0 Å². The summed E-state index contributed by atoms with van der Waals surface area (Å²) in [5.41, 5.74) is -1.14. The number of carbonyl (C=O) groups is 2. The highest BCUT2D eigenvalue weighted by Crippen LogP contribution is 2.38. The molecule has 0 radical (unpaired) electrons. The summed E-state index contributed by atoms with van der Waals surface area (Å²) in [6.07, 6.45) is 6.15. The van der Waals surface area contributed by atoms with Crippen molar-refractivity contribution in [2.24, 2.45) is 5.41 Å². The lowest BCUT2D eigenvalue weighted by atomic mass is 9.86. The summed E-state index contributed by atoms with van der Waals surface area (Å²) in [5, 5.41) is 6.32. The van der Waals surface area contributed by atoms with E-state index in [1.54, 1.807) is 27.0 Å². The predicted octanol–water partition coefficient (Wildman–Crippen LogP) is 6.87. The fraction of sp³-hybridized carbons (Fsp3) is 0.760. The van der Waals surface area contributed by atoms with E-state index in [1.807, 2.05) is 39.8 Å². The Morgan fingerprint density at radius 1 is 1.00 bits per heavy atom. The highest BCUT2D eigenvalue weighted by molar-refractivity contribution is 6.74. The van der Waals surface area contributed by atoms with Crippen LogP contribution in [0.3, 0.4) is 0 Å². The minimum absolute atomic E-state index is 0.0361. The van der Waals surface area contributed by atoms with Crippen LogP contribution in [-0.4, -0.2) is 38.1 Å². The van der Waals surface area contributed by atoms with Gasteiger partial charge in [-0.05, 0) is 70.3 Å². The molecular formula is C25H47ClN2O4Si. The lowest BCUT2D eigenvalue weighted by Crippen LogP contribution is -2.53. The average Bonchev–Trinajstić information content (AvgIpc) is 2.57. The van der Waals surface area contributed by atoms with Gasteiger partial charge in [-0.2, -0.15) is 0 Å². The van der Waals surface area contributed by atoms with Crippen LogP contribution in [0.2, 0.25) is 18.1 Å². The van der Waals surface area contributed by atoms with Crippen molar-refractivity contribution in [2.45, 2.75) is 118 Å². The van der Waals surface area contributed by atoms with E-state index >= 15 is 0 Å². The van der Waals surface area contributed by atoms with Gasteiger partial charge in [0.05, 0.1) is 6.10 Å². The molecule has 0 rings (SSSR count). The summed E-state index contributed by atoms with van der Waals surface area (Å²) in [6.45, 7) is 23.9. The molecule has 0 unspecified atom stereocenters. The first-order chi connectivity index (χ1) is 14.7.